The van der Waals surface area contributed by atoms with Gasteiger partial charge in [0, 0.05) is 70.3 Å². The summed E-state index contributed by atoms with van der Waals surface area (Å²) in [5, 5.41) is 3.08. The third-order valence-corrected chi connectivity index (χ3v) is 15.1. The van der Waals surface area contributed by atoms with Crippen LogP contribution in [-0.2, 0) is 73.3 Å². The minimum atomic E-state index is -0.843. The Kier molecular flexibility index (Phi) is 23.4. The lowest BCUT2D eigenvalue weighted by molar-refractivity contribution is -0.163. The largest absolute Gasteiger partial charge is 0.490 e. The van der Waals surface area contributed by atoms with Crippen molar-refractivity contribution >= 4 is 42.1 Å². The van der Waals surface area contributed by atoms with Crippen LogP contribution in [0, 0.1) is 35.5 Å². The van der Waals surface area contributed by atoms with Crippen LogP contribution in [0.15, 0.2) is 55.4 Å². The number of esters is 3. The molecule has 492 valence electrons. The molecule has 0 aliphatic carbocycles. The maximum Gasteiger partial charge on any atom is 0.410 e. The number of carbonyl (C=O) groups is 7. The Morgan fingerprint density at radius 2 is 0.764 bits per heavy atom. The highest BCUT2D eigenvalue weighted by molar-refractivity contribution is 5.84. The molecule has 21 nitrogen and oxygen atoms in total. The van der Waals surface area contributed by atoms with Crippen LogP contribution in [0.2, 0.25) is 0 Å². The zero-order valence-corrected chi connectivity index (χ0v) is 56.2. The number of pyridine rings is 3. The van der Waals surface area contributed by atoms with E-state index in [1.165, 1.54) is 0 Å². The molecule has 0 aromatic carbocycles. The molecule has 6 rings (SSSR count). The van der Waals surface area contributed by atoms with Crippen LogP contribution in [0.25, 0.3) is 0 Å². The molecule has 6 heterocycles. The molecule has 4 amide bonds. The van der Waals surface area contributed by atoms with Gasteiger partial charge in [-0.15, -0.1) is 0 Å². The second kappa shape index (κ2) is 29.3. The van der Waals surface area contributed by atoms with E-state index in [0.717, 1.165) is 11.1 Å². The Hall–Kier alpha value is -7.06. The van der Waals surface area contributed by atoms with Crippen LogP contribution in [0.5, 0.6) is 5.75 Å². The molecule has 0 spiro atoms. The van der Waals surface area contributed by atoms with Crippen molar-refractivity contribution in [1.29, 1.82) is 0 Å². The van der Waals surface area contributed by atoms with E-state index >= 15 is 0 Å². The summed E-state index contributed by atoms with van der Waals surface area (Å²) >= 11 is 0. The Morgan fingerprint density at radius 3 is 1.13 bits per heavy atom. The second-order valence-corrected chi connectivity index (χ2v) is 30.2. The van der Waals surface area contributed by atoms with E-state index in [1.807, 2.05) is 143 Å². The number of hydrogen-bond acceptors (Lipinski definition) is 17. The van der Waals surface area contributed by atoms with Gasteiger partial charge in [-0.1, -0.05) is 12.1 Å². The molecule has 1 N–H and O–H groups in total. The molecule has 3 aromatic heterocycles. The van der Waals surface area contributed by atoms with Crippen molar-refractivity contribution in [1.82, 2.24) is 35.0 Å². The summed E-state index contributed by atoms with van der Waals surface area (Å²) in [4.78, 5) is 115. The van der Waals surface area contributed by atoms with E-state index in [9.17, 15) is 33.6 Å². The minimum Gasteiger partial charge on any atom is -0.490 e. The first-order valence-corrected chi connectivity index (χ1v) is 31.5. The molecule has 0 radical (unpaired) electrons. The van der Waals surface area contributed by atoms with Gasteiger partial charge in [-0.3, -0.25) is 34.1 Å². The summed E-state index contributed by atoms with van der Waals surface area (Å²) < 4.78 is 41.2. The van der Waals surface area contributed by atoms with E-state index in [2.05, 4.69) is 20.3 Å². The van der Waals surface area contributed by atoms with E-state index in [1.54, 1.807) is 51.9 Å². The van der Waals surface area contributed by atoms with Crippen LogP contribution in [-0.4, -0.2) is 158 Å². The number of nitrogens with one attached hydrogen (secondary N) is 1. The number of nitrogens with zero attached hydrogens (tertiary/aromatic N) is 6. The highest BCUT2D eigenvalue weighted by atomic mass is 16.6. The Balaban J connectivity index is 1.25. The average Bonchev–Trinajstić information content (AvgIpc) is 2.03. The standard InChI is InChI=1S/C68H101N7O14/c1-63(2,3)84-57(77)53(47-19-23-73(40-47)60(80)87-66(10,11)12)31-44-27-43(34-69-35-44)30-52(50-28-45(36-70-38-50)32-54(58(78)85-64(4,5)6)48-20-24-74(41-48)61(81)88-67(13,14)15)56(76)72-22-26-83-51-29-46(37-71-39-51)33-55(59(79)86-65(7,8)9)49-21-25-75(42-49)62(82)89-68(16,17)18/h27-29,34-39,47-49,52-55H,19-26,30-33,40-42H2,1-18H3,(H,72,76)/t47-,48-,49-,52?,53-,54-,55-/m0/s1. The fourth-order valence-electron chi connectivity index (χ4n) is 11.3. The molecular weight excluding hydrogens is 1140 g/mol. The minimum absolute atomic E-state index is 0.0553. The number of hydrogen-bond donors (Lipinski definition) is 1. The number of likely N-dealkylation sites (tertiary alicyclic amines) is 3. The van der Waals surface area contributed by atoms with Crippen LogP contribution in [0.1, 0.15) is 178 Å². The van der Waals surface area contributed by atoms with Gasteiger partial charge in [-0.25, -0.2) is 14.4 Å². The van der Waals surface area contributed by atoms with Crippen molar-refractivity contribution in [3.8, 4) is 5.75 Å². The molecule has 0 saturated carbocycles. The number of rotatable bonds is 20. The summed E-state index contributed by atoms with van der Waals surface area (Å²) in [6, 6.07) is 5.65. The molecule has 3 aliphatic heterocycles. The molecular formula is C68H101N7O14. The molecule has 89 heavy (non-hydrogen) atoms. The zero-order valence-electron chi connectivity index (χ0n) is 56.2. The molecule has 3 aromatic rings. The predicted octanol–water partition coefficient (Wildman–Crippen LogP) is 10.7. The lowest BCUT2D eigenvalue weighted by atomic mass is 9.84. The van der Waals surface area contributed by atoms with Crippen molar-refractivity contribution in [3.63, 3.8) is 0 Å². The smallest absolute Gasteiger partial charge is 0.410 e. The molecule has 21 heteroatoms. The van der Waals surface area contributed by atoms with Gasteiger partial charge < -0.3 is 53.2 Å². The average molecular weight is 1240 g/mol. The van der Waals surface area contributed by atoms with Crippen LogP contribution in [0.4, 0.5) is 14.4 Å². The first kappa shape index (κ1) is 71.0. The fraction of sp³-hybridized carbons (Fsp3) is 0.676. The van der Waals surface area contributed by atoms with Crippen molar-refractivity contribution < 1.29 is 66.7 Å². The molecule has 0 bridgehead atoms. The quantitative estimate of drug-likeness (QED) is 0.0628. The van der Waals surface area contributed by atoms with Gasteiger partial charge in [0.2, 0.25) is 5.91 Å². The molecule has 3 saturated heterocycles. The number of ether oxygens (including phenoxy) is 7. The van der Waals surface area contributed by atoms with Crippen molar-refractivity contribution in [2.75, 3.05) is 52.4 Å². The summed E-state index contributed by atoms with van der Waals surface area (Å²) in [6.07, 6.45) is 11.3. The van der Waals surface area contributed by atoms with E-state index < -0.39 is 81.5 Å². The Labute approximate surface area is 527 Å². The predicted molar refractivity (Wildman–Crippen MR) is 335 cm³/mol. The molecule has 1 unspecified atom stereocenters. The number of amides is 4. The molecule has 7 atom stereocenters. The summed E-state index contributed by atoms with van der Waals surface area (Å²) in [7, 11) is 0. The first-order chi connectivity index (χ1) is 41.2. The van der Waals surface area contributed by atoms with Gasteiger partial charge in [0.15, 0.2) is 0 Å². The summed E-state index contributed by atoms with van der Waals surface area (Å²) in [5.41, 5.74) is -0.909. The van der Waals surface area contributed by atoms with Crippen molar-refractivity contribution in [2.45, 2.75) is 209 Å². The SMILES string of the molecule is CC(C)(C)OC(=O)[C@@H](Cc1cncc(CC(C(=O)NCCOc2cncc(C[C@H](C(=O)OC(C)(C)C)[C@H]3CCN(C(=O)OC(C)(C)C)C3)c2)c2cncc(C[C@H](C(=O)OC(C)(C)C)[C@H]3CCN(C(=O)OC(C)(C)C)C3)c2)c1)[C@H]1CCN(C(=O)OC(C)(C)C)C1. The van der Waals surface area contributed by atoms with E-state index in [4.69, 9.17) is 33.2 Å². The van der Waals surface area contributed by atoms with Gasteiger partial charge >= 0.3 is 36.2 Å². The van der Waals surface area contributed by atoms with Crippen LogP contribution in [0.3, 0.4) is 0 Å². The molecule has 3 aliphatic rings. The molecule has 3 fully saturated rings. The highest BCUT2D eigenvalue weighted by Crippen LogP contribution is 2.35. The lowest BCUT2D eigenvalue weighted by Crippen LogP contribution is -2.38. The van der Waals surface area contributed by atoms with Crippen LogP contribution >= 0.6 is 0 Å². The maximum absolute atomic E-state index is 14.9. The van der Waals surface area contributed by atoms with Gasteiger partial charge in [0.05, 0.1) is 36.4 Å². The van der Waals surface area contributed by atoms with Crippen molar-refractivity contribution in [3.05, 3.63) is 83.2 Å². The Bertz CT molecular complexity index is 2950. The first-order valence-electron chi connectivity index (χ1n) is 31.5. The zero-order chi connectivity index (χ0) is 66.0. The van der Waals surface area contributed by atoms with Crippen molar-refractivity contribution in [2.24, 2.45) is 35.5 Å². The summed E-state index contributed by atoms with van der Waals surface area (Å²) in [6.45, 7) is 35.1. The lowest BCUT2D eigenvalue weighted by Gasteiger charge is -2.28. The number of aromatic nitrogens is 3. The third-order valence-electron chi connectivity index (χ3n) is 15.1. The second-order valence-electron chi connectivity index (χ2n) is 30.2. The maximum atomic E-state index is 14.9. The fourth-order valence-corrected chi connectivity index (χ4v) is 11.3. The van der Waals surface area contributed by atoms with Crippen LogP contribution < -0.4 is 10.1 Å². The van der Waals surface area contributed by atoms with Gasteiger partial charge in [0.1, 0.15) is 46.0 Å². The topological polar surface area (TPSA) is 245 Å². The monoisotopic (exact) mass is 1240 g/mol. The van der Waals surface area contributed by atoms with E-state index in [0.29, 0.717) is 81.0 Å². The van der Waals surface area contributed by atoms with Gasteiger partial charge in [0.25, 0.3) is 0 Å². The third kappa shape index (κ3) is 23.4. The van der Waals surface area contributed by atoms with Gasteiger partial charge in [-0.2, -0.15) is 0 Å². The summed E-state index contributed by atoms with van der Waals surface area (Å²) in [5.74, 6) is -4.47. The normalized spacial score (nSPS) is 18.9. The number of carbonyl (C=O) groups excluding carboxylic acids is 7. The highest BCUT2D eigenvalue weighted by Gasteiger charge is 2.43. The van der Waals surface area contributed by atoms with E-state index in [-0.39, 0.29) is 74.4 Å². The Morgan fingerprint density at radius 1 is 0.438 bits per heavy atom. The van der Waals surface area contributed by atoms with Gasteiger partial charge in [-0.05, 0) is 221 Å².